The molecule has 1 heterocycles. The van der Waals surface area contributed by atoms with E-state index in [0.717, 1.165) is 30.9 Å². The number of carbonyl (C=O) groups excluding carboxylic acids is 1. The Morgan fingerprint density at radius 3 is 2.58 bits per heavy atom. The largest absolute Gasteiger partial charge is 0.484 e. The Bertz CT molecular complexity index is 987. The average molecular weight is 467 g/mol. The molecule has 1 saturated heterocycles. The summed E-state index contributed by atoms with van der Waals surface area (Å²) in [5.74, 6) is -0.550. The van der Waals surface area contributed by atoms with Crippen LogP contribution < -0.4 is 26.2 Å². The van der Waals surface area contributed by atoms with Crippen LogP contribution in [0.4, 0.5) is 4.39 Å². The molecule has 4 N–H and O–H groups in total. The molecular formula is C21H21Cl2FN4O3. The standard InChI is InChI=1S/C21H21Cl2FN4O3/c22-13-3-1-12(2-4-13)18-27-28-19(31-18)26-21-9-20(10-21,11-21)25-17(29)8-30-14-5-6-15(23)16(24)7-14/h1-7,18-19,26-28H,8-11H2,(H,25,29). The number of hydrogen-bond donors (Lipinski definition) is 4. The number of rotatable bonds is 7. The number of carbonyl (C=O) groups is 1. The maximum atomic E-state index is 13.4. The Hall–Kier alpha value is -1.94. The van der Waals surface area contributed by atoms with E-state index in [1.54, 1.807) is 0 Å². The summed E-state index contributed by atoms with van der Waals surface area (Å²) in [5.41, 5.74) is 6.93. The van der Waals surface area contributed by atoms with Crippen molar-refractivity contribution in [3.05, 3.63) is 63.9 Å². The first-order valence-electron chi connectivity index (χ1n) is 9.92. The summed E-state index contributed by atoms with van der Waals surface area (Å²) in [6.45, 7) is -0.177. The first kappa shape index (κ1) is 20.9. The molecule has 4 aliphatic rings. The summed E-state index contributed by atoms with van der Waals surface area (Å²) in [6.07, 6.45) is 1.83. The molecule has 0 spiro atoms. The molecule has 31 heavy (non-hydrogen) atoms. The number of halogens is 3. The highest BCUT2D eigenvalue weighted by Crippen LogP contribution is 2.60. The minimum absolute atomic E-state index is 0.0129. The Labute approximate surface area is 188 Å². The van der Waals surface area contributed by atoms with E-state index in [1.807, 2.05) is 24.3 Å². The smallest absolute Gasteiger partial charge is 0.258 e. The highest BCUT2D eigenvalue weighted by atomic mass is 35.5. The maximum Gasteiger partial charge on any atom is 0.258 e. The topological polar surface area (TPSA) is 83.7 Å². The third-order valence-electron chi connectivity index (χ3n) is 5.92. The van der Waals surface area contributed by atoms with Gasteiger partial charge in [-0.2, -0.15) is 0 Å². The monoisotopic (exact) mass is 466 g/mol. The van der Waals surface area contributed by atoms with E-state index in [9.17, 15) is 9.18 Å². The van der Waals surface area contributed by atoms with Crippen LogP contribution in [0.5, 0.6) is 5.75 Å². The molecule has 10 heteroatoms. The molecule has 4 fully saturated rings. The predicted octanol–water partition coefficient (Wildman–Crippen LogP) is 3.00. The number of hydrogen-bond acceptors (Lipinski definition) is 6. The molecule has 6 rings (SSSR count). The lowest BCUT2D eigenvalue weighted by atomic mass is 9.44. The highest BCUT2D eigenvalue weighted by Gasteiger charge is 2.69. The van der Waals surface area contributed by atoms with Crippen molar-refractivity contribution >= 4 is 29.1 Å². The van der Waals surface area contributed by atoms with Gasteiger partial charge >= 0.3 is 0 Å². The number of amides is 1. The van der Waals surface area contributed by atoms with Gasteiger partial charge in [0.2, 0.25) is 0 Å². The van der Waals surface area contributed by atoms with Gasteiger partial charge in [0.05, 0.1) is 5.02 Å². The van der Waals surface area contributed by atoms with Crippen LogP contribution in [0.15, 0.2) is 42.5 Å². The van der Waals surface area contributed by atoms with Crippen molar-refractivity contribution in [1.29, 1.82) is 0 Å². The Morgan fingerprint density at radius 2 is 1.87 bits per heavy atom. The third-order valence-corrected chi connectivity index (χ3v) is 6.48. The molecule has 2 atom stereocenters. The van der Waals surface area contributed by atoms with Crippen molar-refractivity contribution < 1.29 is 18.7 Å². The minimum Gasteiger partial charge on any atom is -0.484 e. The van der Waals surface area contributed by atoms with Gasteiger partial charge in [0.15, 0.2) is 13.0 Å². The molecule has 164 valence electrons. The first-order chi connectivity index (χ1) is 14.8. The van der Waals surface area contributed by atoms with Gasteiger partial charge in [0, 0.05) is 22.2 Å². The van der Waals surface area contributed by atoms with Crippen LogP contribution in [-0.4, -0.2) is 29.9 Å². The number of hydrazine groups is 1. The maximum absolute atomic E-state index is 13.4. The summed E-state index contributed by atoms with van der Waals surface area (Å²) in [7, 11) is 0. The van der Waals surface area contributed by atoms with Gasteiger partial charge in [0.25, 0.3) is 5.91 Å². The van der Waals surface area contributed by atoms with E-state index in [2.05, 4.69) is 21.5 Å². The average Bonchev–Trinajstić information content (AvgIpc) is 3.15. The van der Waals surface area contributed by atoms with Crippen molar-refractivity contribution in [3.8, 4) is 5.75 Å². The van der Waals surface area contributed by atoms with Gasteiger partial charge in [-0.1, -0.05) is 35.3 Å². The number of benzene rings is 2. The van der Waals surface area contributed by atoms with Gasteiger partial charge in [-0.15, -0.1) is 0 Å². The molecular weight excluding hydrogens is 446 g/mol. The fourth-order valence-corrected chi connectivity index (χ4v) is 4.87. The summed E-state index contributed by atoms with van der Waals surface area (Å²) in [5, 5.41) is 7.20. The molecule has 1 aliphatic heterocycles. The number of ether oxygens (including phenoxy) is 2. The normalized spacial score (nSPS) is 30.9. The van der Waals surface area contributed by atoms with Crippen LogP contribution in [0.1, 0.15) is 31.1 Å². The molecule has 2 unspecified atom stereocenters. The van der Waals surface area contributed by atoms with Crippen LogP contribution in [0.2, 0.25) is 10.0 Å². The SMILES string of the molecule is O=C(COc1ccc(Cl)c(F)c1)NC12CC(NC3NNC(c4ccc(Cl)cc4)O3)(C1)C2. The molecule has 0 radical (unpaired) electrons. The fourth-order valence-electron chi connectivity index (χ4n) is 4.62. The van der Waals surface area contributed by atoms with Crippen LogP contribution >= 0.6 is 23.2 Å². The lowest BCUT2D eigenvalue weighted by molar-refractivity contribution is -0.155. The van der Waals surface area contributed by atoms with Crippen LogP contribution in [-0.2, 0) is 9.53 Å². The van der Waals surface area contributed by atoms with Crippen LogP contribution in [0.25, 0.3) is 0 Å². The fraction of sp³-hybridized carbons (Fsp3) is 0.381. The van der Waals surface area contributed by atoms with E-state index in [1.165, 1.54) is 12.1 Å². The summed E-state index contributed by atoms with van der Waals surface area (Å²) in [6, 6.07) is 11.6. The Kier molecular flexibility index (Phi) is 5.32. The van der Waals surface area contributed by atoms with Crippen molar-refractivity contribution in [2.24, 2.45) is 0 Å². The van der Waals surface area contributed by atoms with Gasteiger partial charge in [-0.3, -0.25) is 10.1 Å². The van der Waals surface area contributed by atoms with E-state index in [0.29, 0.717) is 5.02 Å². The molecule has 2 bridgehead atoms. The molecule has 0 aromatic heterocycles. The van der Waals surface area contributed by atoms with E-state index in [-0.39, 0.29) is 46.9 Å². The summed E-state index contributed by atoms with van der Waals surface area (Å²) in [4.78, 5) is 12.2. The van der Waals surface area contributed by atoms with Crippen LogP contribution in [0.3, 0.4) is 0 Å². The zero-order valence-electron chi connectivity index (χ0n) is 16.4. The van der Waals surface area contributed by atoms with Crippen molar-refractivity contribution in [1.82, 2.24) is 21.5 Å². The second-order valence-corrected chi connectivity index (χ2v) is 9.23. The summed E-state index contributed by atoms with van der Waals surface area (Å²) >= 11 is 11.6. The Morgan fingerprint density at radius 1 is 1.13 bits per heavy atom. The molecule has 2 aromatic carbocycles. The third kappa shape index (κ3) is 4.24. The van der Waals surface area contributed by atoms with E-state index >= 15 is 0 Å². The molecule has 2 aromatic rings. The molecule has 1 amide bonds. The van der Waals surface area contributed by atoms with Crippen molar-refractivity contribution in [2.45, 2.75) is 42.9 Å². The minimum atomic E-state index is -0.581. The van der Waals surface area contributed by atoms with Gasteiger partial charge in [0.1, 0.15) is 17.8 Å². The predicted molar refractivity (Wildman–Crippen MR) is 113 cm³/mol. The molecule has 3 aliphatic carbocycles. The van der Waals surface area contributed by atoms with Gasteiger partial charge in [-0.25, -0.2) is 15.2 Å². The first-order valence-corrected chi connectivity index (χ1v) is 10.7. The Balaban J connectivity index is 1.06. The zero-order valence-corrected chi connectivity index (χ0v) is 17.9. The molecule has 3 saturated carbocycles. The lowest BCUT2D eigenvalue weighted by Gasteiger charge is -2.71. The molecule has 7 nitrogen and oxygen atoms in total. The lowest BCUT2D eigenvalue weighted by Crippen LogP contribution is -2.84. The van der Waals surface area contributed by atoms with E-state index in [4.69, 9.17) is 32.7 Å². The second-order valence-electron chi connectivity index (χ2n) is 8.38. The van der Waals surface area contributed by atoms with Gasteiger partial charge < -0.3 is 14.8 Å². The van der Waals surface area contributed by atoms with Crippen LogP contribution in [0, 0.1) is 5.82 Å². The van der Waals surface area contributed by atoms with Crippen molar-refractivity contribution in [3.63, 3.8) is 0 Å². The highest BCUT2D eigenvalue weighted by molar-refractivity contribution is 6.30. The zero-order chi connectivity index (χ0) is 21.6. The second kappa shape index (κ2) is 7.88. The van der Waals surface area contributed by atoms with E-state index < -0.39 is 5.82 Å². The number of nitrogens with one attached hydrogen (secondary N) is 4. The van der Waals surface area contributed by atoms with Crippen molar-refractivity contribution in [2.75, 3.05) is 6.61 Å². The quantitative estimate of drug-likeness (QED) is 0.502. The summed E-state index contributed by atoms with van der Waals surface area (Å²) < 4.78 is 24.8. The van der Waals surface area contributed by atoms with Gasteiger partial charge in [-0.05, 0) is 49.1 Å².